The first-order valence-electron chi connectivity index (χ1n) is 7.37. The van der Waals surface area contributed by atoms with E-state index in [0.29, 0.717) is 30.3 Å². The molecule has 0 radical (unpaired) electrons. The Hall–Kier alpha value is -1.16. The maximum absolute atomic E-state index is 14.2. The van der Waals surface area contributed by atoms with E-state index in [9.17, 15) is 8.78 Å². The van der Waals surface area contributed by atoms with Crippen LogP contribution in [0.3, 0.4) is 0 Å². The summed E-state index contributed by atoms with van der Waals surface area (Å²) in [6, 6.07) is 2.67. The summed E-state index contributed by atoms with van der Waals surface area (Å²) in [5.74, 6) is 0.0462. The minimum absolute atomic E-state index is 0.188. The summed E-state index contributed by atoms with van der Waals surface area (Å²) >= 11 is 5.83. The first-order valence-corrected chi connectivity index (χ1v) is 7.91. The van der Waals surface area contributed by atoms with E-state index >= 15 is 0 Å². The molecule has 1 saturated carbocycles. The highest BCUT2D eigenvalue weighted by molar-refractivity contribution is 6.17. The molecule has 0 atom stereocenters. The number of alkyl halides is 1. The summed E-state index contributed by atoms with van der Waals surface area (Å²) in [7, 11) is 0. The van der Waals surface area contributed by atoms with E-state index in [1.165, 1.54) is 6.07 Å². The molecule has 1 fully saturated rings. The molecule has 0 amide bonds. The Labute approximate surface area is 128 Å². The number of imidazole rings is 1. The van der Waals surface area contributed by atoms with Gasteiger partial charge in [0.25, 0.3) is 0 Å². The summed E-state index contributed by atoms with van der Waals surface area (Å²) in [5, 5.41) is 0. The van der Waals surface area contributed by atoms with Gasteiger partial charge in [0.15, 0.2) is 11.6 Å². The van der Waals surface area contributed by atoms with E-state index in [1.807, 2.05) is 4.57 Å². The predicted octanol–water partition coefficient (Wildman–Crippen LogP) is 4.53. The van der Waals surface area contributed by atoms with Crippen molar-refractivity contribution in [3.05, 3.63) is 29.6 Å². The van der Waals surface area contributed by atoms with Crippen LogP contribution in [0.1, 0.15) is 32.5 Å². The van der Waals surface area contributed by atoms with Crippen LogP contribution in [0.5, 0.6) is 0 Å². The number of hydrogen-bond donors (Lipinski definition) is 0. The highest BCUT2D eigenvalue weighted by atomic mass is 35.5. The fraction of sp³-hybridized carbons (Fsp3) is 0.562. The molecule has 0 aliphatic heterocycles. The number of benzene rings is 1. The van der Waals surface area contributed by atoms with Gasteiger partial charge < -0.3 is 4.57 Å². The lowest BCUT2D eigenvalue weighted by Crippen LogP contribution is -2.20. The van der Waals surface area contributed by atoms with Crippen molar-refractivity contribution < 1.29 is 8.78 Å². The molecule has 0 spiro atoms. The lowest BCUT2D eigenvalue weighted by atomic mass is 9.92. The van der Waals surface area contributed by atoms with E-state index in [4.69, 9.17) is 11.6 Å². The molecule has 21 heavy (non-hydrogen) atoms. The first kappa shape index (κ1) is 14.8. The van der Waals surface area contributed by atoms with Gasteiger partial charge in [-0.05, 0) is 36.3 Å². The Balaban J connectivity index is 2.13. The van der Waals surface area contributed by atoms with Crippen molar-refractivity contribution in [3.63, 3.8) is 0 Å². The molecule has 114 valence electrons. The quantitative estimate of drug-likeness (QED) is 0.742. The summed E-state index contributed by atoms with van der Waals surface area (Å²) < 4.78 is 29.7. The van der Waals surface area contributed by atoms with Gasteiger partial charge in [-0.1, -0.05) is 13.8 Å². The zero-order valence-corrected chi connectivity index (χ0v) is 13.1. The second-order valence-electron chi connectivity index (χ2n) is 6.30. The zero-order valence-electron chi connectivity index (χ0n) is 12.3. The molecule has 0 unspecified atom stereocenters. The minimum Gasteiger partial charge on any atom is -0.325 e. The van der Waals surface area contributed by atoms with E-state index in [1.54, 1.807) is 0 Å². The Bertz CT molecular complexity index is 674. The highest BCUT2D eigenvalue weighted by Gasteiger charge is 2.46. The zero-order chi connectivity index (χ0) is 15.2. The smallest absolute Gasteiger partial charge is 0.184 e. The van der Waals surface area contributed by atoms with Crippen molar-refractivity contribution in [2.45, 2.75) is 39.7 Å². The molecule has 1 aliphatic carbocycles. The molecule has 1 aliphatic rings. The van der Waals surface area contributed by atoms with Gasteiger partial charge in [-0.25, -0.2) is 13.8 Å². The molecular formula is C16H19ClF2N2. The third kappa shape index (κ3) is 2.44. The highest BCUT2D eigenvalue weighted by Crippen LogP contribution is 2.53. The number of nitrogens with zero attached hydrogens (tertiary/aromatic N) is 2. The van der Waals surface area contributed by atoms with Crippen LogP contribution in [0.15, 0.2) is 12.1 Å². The first-order chi connectivity index (χ1) is 9.98. The van der Waals surface area contributed by atoms with Gasteiger partial charge in [0.2, 0.25) is 0 Å². The Morgan fingerprint density at radius 1 is 1.33 bits per heavy atom. The van der Waals surface area contributed by atoms with Gasteiger partial charge in [0, 0.05) is 18.8 Å². The Morgan fingerprint density at radius 3 is 2.62 bits per heavy atom. The lowest BCUT2D eigenvalue weighted by molar-refractivity contribution is 0.307. The average molecular weight is 313 g/mol. The van der Waals surface area contributed by atoms with Gasteiger partial charge in [-0.2, -0.15) is 0 Å². The standard InChI is InChI=1S/C16H19ClF2N2/c1-10(2)16(6-7-16)9-21-13(5-8-17)20-12-4-3-11(18)14(19)15(12)21/h3-4,10H,5-9H2,1-2H3. The van der Waals surface area contributed by atoms with Crippen LogP contribution in [0.2, 0.25) is 0 Å². The molecule has 5 heteroatoms. The van der Waals surface area contributed by atoms with Crippen LogP contribution in [0, 0.1) is 23.0 Å². The maximum Gasteiger partial charge on any atom is 0.184 e. The maximum atomic E-state index is 14.2. The van der Waals surface area contributed by atoms with Gasteiger partial charge in [0.1, 0.15) is 11.3 Å². The molecular weight excluding hydrogens is 294 g/mol. The summed E-state index contributed by atoms with van der Waals surface area (Å²) in [4.78, 5) is 4.45. The summed E-state index contributed by atoms with van der Waals surface area (Å²) in [5.41, 5.74) is 0.976. The second kappa shape index (κ2) is 5.24. The number of rotatable bonds is 5. The van der Waals surface area contributed by atoms with E-state index < -0.39 is 11.6 Å². The van der Waals surface area contributed by atoms with Crippen molar-refractivity contribution >= 4 is 22.6 Å². The molecule has 0 bridgehead atoms. The van der Waals surface area contributed by atoms with Crippen LogP contribution >= 0.6 is 11.6 Å². The van der Waals surface area contributed by atoms with E-state index in [0.717, 1.165) is 24.7 Å². The SMILES string of the molecule is CC(C)C1(Cn2c(CCCl)nc3ccc(F)c(F)c32)CC1. The van der Waals surface area contributed by atoms with Gasteiger partial charge >= 0.3 is 0 Å². The van der Waals surface area contributed by atoms with E-state index in [2.05, 4.69) is 18.8 Å². The number of aryl methyl sites for hydroxylation is 1. The van der Waals surface area contributed by atoms with Crippen molar-refractivity contribution in [2.24, 2.45) is 11.3 Å². The Morgan fingerprint density at radius 2 is 2.05 bits per heavy atom. The third-order valence-electron chi connectivity index (χ3n) is 4.79. The summed E-state index contributed by atoms with van der Waals surface area (Å²) in [6.45, 7) is 5.06. The lowest BCUT2D eigenvalue weighted by Gasteiger charge is -2.22. The fourth-order valence-electron chi connectivity index (χ4n) is 3.04. The molecule has 1 heterocycles. The average Bonchev–Trinajstić information content (AvgIpc) is 3.14. The van der Waals surface area contributed by atoms with Gasteiger partial charge in [-0.3, -0.25) is 0 Å². The minimum atomic E-state index is -0.824. The largest absolute Gasteiger partial charge is 0.325 e. The topological polar surface area (TPSA) is 17.8 Å². The molecule has 2 aromatic rings. The molecule has 0 saturated heterocycles. The molecule has 0 N–H and O–H groups in total. The van der Waals surface area contributed by atoms with E-state index in [-0.39, 0.29) is 10.9 Å². The monoisotopic (exact) mass is 312 g/mol. The summed E-state index contributed by atoms with van der Waals surface area (Å²) in [6.07, 6.45) is 2.81. The molecule has 2 nitrogen and oxygen atoms in total. The normalized spacial score (nSPS) is 16.9. The molecule has 1 aromatic heterocycles. The van der Waals surface area contributed by atoms with Crippen molar-refractivity contribution in [2.75, 3.05) is 5.88 Å². The van der Waals surface area contributed by atoms with Crippen molar-refractivity contribution in [1.29, 1.82) is 0 Å². The van der Waals surface area contributed by atoms with Crippen molar-refractivity contribution in [3.8, 4) is 0 Å². The number of fused-ring (bicyclic) bond motifs is 1. The van der Waals surface area contributed by atoms with Crippen LogP contribution in [0.4, 0.5) is 8.78 Å². The number of aromatic nitrogens is 2. The fourth-order valence-corrected chi connectivity index (χ4v) is 3.21. The Kier molecular flexibility index (Phi) is 3.68. The number of halogens is 3. The van der Waals surface area contributed by atoms with Crippen LogP contribution in [-0.4, -0.2) is 15.4 Å². The predicted molar refractivity (Wildman–Crippen MR) is 80.6 cm³/mol. The number of hydrogen-bond acceptors (Lipinski definition) is 1. The van der Waals surface area contributed by atoms with Crippen LogP contribution in [0.25, 0.3) is 11.0 Å². The van der Waals surface area contributed by atoms with Gasteiger partial charge in [0.05, 0.1) is 5.52 Å². The third-order valence-corrected chi connectivity index (χ3v) is 4.98. The van der Waals surface area contributed by atoms with Crippen LogP contribution in [-0.2, 0) is 13.0 Å². The van der Waals surface area contributed by atoms with Gasteiger partial charge in [-0.15, -0.1) is 11.6 Å². The van der Waals surface area contributed by atoms with Crippen molar-refractivity contribution in [1.82, 2.24) is 9.55 Å². The second-order valence-corrected chi connectivity index (χ2v) is 6.68. The molecule has 3 rings (SSSR count). The van der Waals surface area contributed by atoms with Crippen LogP contribution < -0.4 is 0 Å². The molecule has 1 aromatic carbocycles.